The van der Waals surface area contributed by atoms with Crippen molar-refractivity contribution in [1.29, 1.82) is 0 Å². The van der Waals surface area contributed by atoms with Gasteiger partial charge in [0.25, 0.3) is 0 Å². The Balaban J connectivity index is 2.45. The molecule has 0 unspecified atom stereocenters. The van der Waals surface area contributed by atoms with E-state index in [0.29, 0.717) is 31.6 Å². The highest BCUT2D eigenvalue weighted by molar-refractivity contribution is 7.72. The lowest BCUT2D eigenvalue weighted by molar-refractivity contribution is 0.0528. The zero-order chi connectivity index (χ0) is 15.0. The summed E-state index contributed by atoms with van der Waals surface area (Å²) in [5.41, 5.74) is 1.47. The van der Waals surface area contributed by atoms with E-state index in [9.17, 15) is 4.79 Å². The molecule has 0 saturated carbocycles. The van der Waals surface area contributed by atoms with Crippen molar-refractivity contribution >= 4 is 51.7 Å². The summed E-state index contributed by atoms with van der Waals surface area (Å²) in [4.78, 5) is 12.1. The van der Waals surface area contributed by atoms with E-state index >= 15 is 0 Å². The summed E-state index contributed by atoms with van der Waals surface area (Å²) >= 11 is 11.6. The summed E-state index contributed by atoms with van der Waals surface area (Å²) in [6, 6.07) is 10.6. The van der Waals surface area contributed by atoms with E-state index in [1.165, 1.54) is 0 Å². The van der Waals surface area contributed by atoms with Gasteiger partial charge in [0, 0.05) is 16.5 Å². The van der Waals surface area contributed by atoms with Crippen molar-refractivity contribution in [3.63, 3.8) is 0 Å². The largest absolute Gasteiger partial charge is 0.462 e. The molecule has 21 heavy (non-hydrogen) atoms. The predicted octanol–water partition coefficient (Wildman–Crippen LogP) is 5.15. The van der Waals surface area contributed by atoms with Gasteiger partial charge >= 0.3 is 5.97 Å². The van der Waals surface area contributed by atoms with Gasteiger partial charge in [-0.05, 0) is 25.1 Å². The molecular formula is C16H11ClO3S. The van der Waals surface area contributed by atoms with Crippen LogP contribution >= 0.6 is 23.8 Å². The maximum absolute atomic E-state index is 12.1. The first-order valence-electron chi connectivity index (χ1n) is 6.44. The normalized spacial score (nSPS) is 11.0. The molecule has 1 aromatic heterocycles. The van der Waals surface area contributed by atoms with Gasteiger partial charge in [0.05, 0.1) is 22.1 Å². The molecule has 0 N–H and O–H groups in total. The fourth-order valence-electron chi connectivity index (χ4n) is 2.26. The van der Waals surface area contributed by atoms with Crippen LogP contribution in [0.5, 0.6) is 0 Å². The Labute approximate surface area is 131 Å². The third-order valence-electron chi connectivity index (χ3n) is 3.14. The predicted molar refractivity (Wildman–Crippen MR) is 85.5 cm³/mol. The van der Waals surface area contributed by atoms with Gasteiger partial charge in [-0.25, -0.2) is 4.79 Å². The number of esters is 1. The Kier molecular flexibility index (Phi) is 3.66. The Bertz CT molecular complexity index is 914. The number of para-hydroxylation sites is 1. The van der Waals surface area contributed by atoms with Crippen LogP contribution in [0.3, 0.4) is 0 Å². The summed E-state index contributed by atoms with van der Waals surface area (Å²) in [5.74, 6) is -0.457. The molecule has 3 aromatic rings. The number of rotatable bonds is 2. The highest BCUT2D eigenvalue weighted by Gasteiger charge is 2.16. The Morgan fingerprint density at radius 1 is 1.29 bits per heavy atom. The first kappa shape index (κ1) is 14.0. The van der Waals surface area contributed by atoms with Crippen molar-refractivity contribution in [2.75, 3.05) is 6.61 Å². The van der Waals surface area contributed by atoms with E-state index in [-0.39, 0.29) is 6.61 Å². The van der Waals surface area contributed by atoms with Gasteiger partial charge in [0.2, 0.25) is 0 Å². The molecule has 0 amide bonds. The molecule has 0 radical (unpaired) electrons. The van der Waals surface area contributed by atoms with Gasteiger partial charge < -0.3 is 9.15 Å². The molecule has 0 atom stereocenters. The highest BCUT2D eigenvalue weighted by Crippen LogP contribution is 2.30. The third kappa shape index (κ3) is 2.41. The second kappa shape index (κ2) is 5.47. The average Bonchev–Trinajstić information content (AvgIpc) is 2.46. The van der Waals surface area contributed by atoms with E-state index in [1.54, 1.807) is 19.1 Å². The van der Waals surface area contributed by atoms with Crippen molar-refractivity contribution in [2.24, 2.45) is 0 Å². The number of ether oxygens (including phenoxy) is 1. The number of hydrogen-bond acceptors (Lipinski definition) is 4. The number of halogens is 1. The molecule has 3 nitrogen and oxygen atoms in total. The van der Waals surface area contributed by atoms with E-state index in [1.807, 2.05) is 24.3 Å². The van der Waals surface area contributed by atoms with Crippen LogP contribution < -0.4 is 0 Å². The first-order valence-corrected chi connectivity index (χ1v) is 7.22. The number of hydrogen-bond donors (Lipinski definition) is 0. The molecule has 0 spiro atoms. The maximum Gasteiger partial charge on any atom is 0.338 e. The second-order valence-electron chi connectivity index (χ2n) is 4.47. The van der Waals surface area contributed by atoms with E-state index in [2.05, 4.69) is 0 Å². The number of carbonyl (C=O) groups excluding carboxylic acids is 1. The van der Waals surface area contributed by atoms with Crippen LogP contribution in [0.4, 0.5) is 0 Å². The smallest absolute Gasteiger partial charge is 0.338 e. The topological polar surface area (TPSA) is 39.4 Å². The molecule has 0 saturated heterocycles. The lowest BCUT2D eigenvalue weighted by Gasteiger charge is -2.08. The molecule has 0 bridgehead atoms. The zero-order valence-corrected chi connectivity index (χ0v) is 12.8. The van der Waals surface area contributed by atoms with Crippen LogP contribution in [0.1, 0.15) is 17.3 Å². The Hall–Kier alpha value is -1.91. The van der Waals surface area contributed by atoms with Gasteiger partial charge in [0.15, 0.2) is 0 Å². The van der Waals surface area contributed by atoms with Crippen LogP contribution in [0, 0.1) is 4.51 Å². The minimum atomic E-state index is -0.457. The fraction of sp³-hybridized carbons (Fsp3) is 0.125. The lowest BCUT2D eigenvalue weighted by Crippen LogP contribution is -2.05. The Morgan fingerprint density at radius 2 is 2.05 bits per heavy atom. The summed E-state index contributed by atoms with van der Waals surface area (Å²) in [6.45, 7) is 2.03. The molecule has 106 valence electrons. The van der Waals surface area contributed by atoms with Crippen molar-refractivity contribution in [1.82, 2.24) is 0 Å². The third-order valence-corrected chi connectivity index (χ3v) is 3.78. The zero-order valence-electron chi connectivity index (χ0n) is 11.2. The number of benzene rings is 2. The monoisotopic (exact) mass is 318 g/mol. The van der Waals surface area contributed by atoms with E-state index in [0.717, 1.165) is 5.39 Å². The van der Waals surface area contributed by atoms with Crippen molar-refractivity contribution in [3.05, 3.63) is 51.5 Å². The second-order valence-corrected chi connectivity index (χ2v) is 5.32. The molecule has 3 rings (SSSR count). The van der Waals surface area contributed by atoms with Crippen molar-refractivity contribution in [3.8, 4) is 0 Å². The van der Waals surface area contributed by atoms with Crippen LogP contribution in [0.2, 0.25) is 5.02 Å². The van der Waals surface area contributed by atoms with Gasteiger partial charge in [-0.3, -0.25) is 0 Å². The molecule has 2 aromatic carbocycles. The van der Waals surface area contributed by atoms with Crippen LogP contribution in [0.25, 0.3) is 21.9 Å². The first-order chi connectivity index (χ1) is 10.1. The SMILES string of the molecule is CCOC(=O)c1cc(Cl)cc2oc3ccccc3c(=S)c12. The standard InChI is InChI=1S/C16H11ClO3S/c1-2-19-16(18)11-7-9(17)8-13-14(11)15(21)10-5-3-4-6-12(10)20-13/h3-8H,2H2,1H3. The quantitative estimate of drug-likeness (QED) is 0.372. The molecule has 0 aliphatic carbocycles. The average molecular weight is 319 g/mol. The van der Waals surface area contributed by atoms with Gasteiger partial charge in [-0.1, -0.05) is 36.0 Å². The number of fused-ring (bicyclic) bond motifs is 2. The molecule has 0 aliphatic heterocycles. The molecular weight excluding hydrogens is 308 g/mol. The van der Waals surface area contributed by atoms with Gasteiger partial charge in [-0.15, -0.1) is 0 Å². The summed E-state index contributed by atoms with van der Waals surface area (Å²) < 4.78 is 11.5. The Morgan fingerprint density at radius 3 is 2.81 bits per heavy atom. The van der Waals surface area contributed by atoms with Crippen molar-refractivity contribution in [2.45, 2.75) is 6.92 Å². The molecule has 0 aliphatic rings. The fourth-order valence-corrected chi connectivity index (χ4v) is 2.85. The lowest BCUT2D eigenvalue weighted by atomic mass is 10.1. The van der Waals surface area contributed by atoms with Gasteiger partial charge in [0.1, 0.15) is 11.2 Å². The van der Waals surface area contributed by atoms with Crippen LogP contribution in [-0.2, 0) is 4.74 Å². The highest BCUT2D eigenvalue weighted by atomic mass is 35.5. The maximum atomic E-state index is 12.1. The minimum Gasteiger partial charge on any atom is -0.462 e. The summed E-state index contributed by atoms with van der Waals surface area (Å²) in [6.07, 6.45) is 0. The van der Waals surface area contributed by atoms with Crippen LogP contribution in [0.15, 0.2) is 40.8 Å². The van der Waals surface area contributed by atoms with E-state index < -0.39 is 5.97 Å². The molecule has 0 fully saturated rings. The summed E-state index contributed by atoms with van der Waals surface area (Å²) in [7, 11) is 0. The molecule has 5 heteroatoms. The van der Waals surface area contributed by atoms with Crippen molar-refractivity contribution < 1.29 is 13.9 Å². The molecule has 1 heterocycles. The van der Waals surface area contributed by atoms with Crippen LogP contribution in [-0.4, -0.2) is 12.6 Å². The minimum absolute atomic E-state index is 0.282. The van der Waals surface area contributed by atoms with Gasteiger partial charge in [-0.2, -0.15) is 0 Å². The number of carbonyl (C=O) groups is 1. The summed E-state index contributed by atoms with van der Waals surface area (Å²) in [5, 5.41) is 1.75. The van der Waals surface area contributed by atoms with E-state index in [4.69, 9.17) is 33.0 Å².